The zero-order valence-corrected chi connectivity index (χ0v) is 11.7. The Balaban J connectivity index is 2.43. The Morgan fingerprint density at radius 3 is 2.65 bits per heavy atom. The van der Waals surface area contributed by atoms with E-state index in [2.05, 4.69) is 4.72 Å². The number of rotatable bonds is 7. The summed E-state index contributed by atoms with van der Waals surface area (Å²) in [4.78, 5) is 12.8. The van der Waals surface area contributed by atoms with E-state index in [4.69, 9.17) is 0 Å². The van der Waals surface area contributed by atoms with Crippen molar-refractivity contribution in [3.05, 3.63) is 21.9 Å². The third-order valence-corrected chi connectivity index (χ3v) is 5.01. The minimum Gasteiger partial charge on any atom is -0.294 e. The largest absolute Gasteiger partial charge is 0.294 e. The van der Waals surface area contributed by atoms with Crippen molar-refractivity contribution < 1.29 is 13.2 Å². The quantitative estimate of drug-likeness (QED) is 0.772. The van der Waals surface area contributed by atoms with Crippen LogP contribution in [-0.4, -0.2) is 26.5 Å². The molecular formula is C11H17NO3S2. The summed E-state index contributed by atoms with van der Waals surface area (Å²) in [5, 5.41) is 0. The molecule has 0 spiro atoms. The highest BCUT2D eigenvalue weighted by molar-refractivity contribution is 7.89. The topological polar surface area (TPSA) is 63.2 Å². The van der Waals surface area contributed by atoms with Crippen LogP contribution < -0.4 is 4.72 Å². The summed E-state index contributed by atoms with van der Waals surface area (Å²) in [6.07, 6.45) is 1.24. The van der Waals surface area contributed by atoms with Crippen LogP contribution >= 0.6 is 11.3 Å². The predicted molar refractivity (Wildman–Crippen MR) is 70.1 cm³/mol. The van der Waals surface area contributed by atoms with Crippen molar-refractivity contribution in [3.63, 3.8) is 0 Å². The summed E-state index contributed by atoms with van der Waals surface area (Å²) < 4.78 is 25.3. The molecule has 1 heterocycles. The van der Waals surface area contributed by atoms with Crippen molar-refractivity contribution in [2.45, 2.75) is 26.7 Å². The van der Waals surface area contributed by atoms with Crippen molar-refractivity contribution in [2.75, 3.05) is 12.3 Å². The maximum atomic E-state index is 11.4. The molecule has 0 aliphatic rings. The molecule has 1 rings (SSSR count). The maximum absolute atomic E-state index is 11.4. The first-order chi connectivity index (χ1) is 7.94. The van der Waals surface area contributed by atoms with E-state index in [-0.39, 0.29) is 11.5 Å². The van der Waals surface area contributed by atoms with Gasteiger partial charge >= 0.3 is 0 Å². The van der Waals surface area contributed by atoms with Crippen molar-refractivity contribution in [2.24, 2.45) is 0 Å². The minimum absolute atomic E-state index is 0.0489. The van der Waals surface area contributed by atoms with Gasteiger partial charge in [0.05, 0.1) is 10.6 Å². The first-order valence-corrected chi connectivity index (χ1v) is 7.98. The van der Waals surface area contributed by atoms with Gasteiger partial charge in [-0.05, 0) is 31.9 Å². The maximum Gasteiger partial charge on any atom is 0.211 e. The first kappa shape index (κ1) is 14.3. The average Bonchev–Trinajstić information content (AvgIpc) is 2.66. The Morgan fingerprint density at radius 1 is 1.41 bits per heavy atom. The number of carbonyl (C=O) groups excluding carboxylic acids is 1. The van der Waals surface area contributed by atoms with E-state index >= 15 is 0 Å². The monoisotopic (exact) mass is 275 g/mol. The molecule has 1 aromatic heterocycles. The average molecular weight is 275 g/mol. The summed E-state index contributed by atoms with van der Waals surface area (Å²) >= 11 is 1.42. The van der Waals surface area contributed by atoms with E-state index < -0.39 is 10.0 Å². The van der Waals surface area contributed by atoms with Crippen LogP contribution in [0.1, 0.15) is 34.8 Å². The third-order valence-electron chi connectivity index (χ3n) is 2.17. The Labute approximate surface area is 106 Å². The predicted octanol–water partition coefficient (Wildman–Crippen LogP) is 1.82. The normalized spacial score (nSPS) is 11.6. The molecule has 1 aromatic rings. The van der Waals surface area contributed by atoms with E-state index in [9.17, 15) is 13.2 Å². The minimum atomic E-state index is -3.12. The zero-order chi connectivity index (χ0) is 12.9. The van der Waals surface area contributed by atoms with Gasteiger partial charge in [0, 0.05) is 11.4 Å². The summed E-state index contributed by atoms with van der Waals surface area (Å²) in [6, 6.07) is 3.65. The molecule has 0 amide bonds. The van der Waals surface area contributed by atoms with E-state index in [1.165, 1.54) is 18.3 Å². The molecule has 6 heteroatoms. The van der Waals surface area contributed by atoms with E-state index in [1.807, 2.05) is 13.0 Å². The van der Waals surface area contributed by atoms with E-state index in [1.54, 1.807) is 6.07 Å². The van der Waals surface area contributed by atoms with Crippen LogP contribution in [0.4, 0.5) is 0 Å². The lowest BCUT2D eigenvalue weighted by atomic mass is 10.3. The van der Waals surface area contributed by atoms with Gasteiger partial charge in [0.1, 0.15) is 0 Å². The summed E-state index contributed by atoms with van der Waals surface area (Å²) in [6.45, 7) is 3.75. The van der Waals surface area contributed by atoms with Crippen molar-refractivity contribution in [1.29, 1.82) is 0 Å². The van der Waals surface area contributed by atoms with Crippen LogP contribution in [0.2, 0.25) is 0 Å². The molecule has 17 heavy (non-hydrogen) atoms. The molecule has 0 radical (unpaired) electrons. The Morgan fingerprint density at radius 2 is 2.12 bits per heavy atom. The smallest absolute Gasteiger partial charge is 0.211 e. The molecule has 4 nitrogen and oxygen atoms in total. The highest BCUT2D eigenvalue weighted by Crippen LogP contribution is 2.17. The number of nitrogens with one attached hydrogen (secondary N) is 1. The fourth-order valence-electron chi connectivity index (χ4n) is 1.37. The van der Waals surface area contributed by atoms with Crippen molar-refractivity contribution in [1.82, 2.24) is 4.72 Å². The number of thiophene rings is 1. The van der Waals surface area contributed by atoms with E-state index in [0.29, 0.717) is 19.4 Å². The summed E-state index contributed by atoms with van der Waals surface area (Å²) in [5.74, 6) is 0.212. The molecule has 0 aromatic carbocycles. The van der Waals surface area contributed by atoms with Gasteiger partial charge in [-0.1, -0.05) is 6.92 Å². The summed E-state index contributed by atoms with van der Waals surface area (Å²) in [7, 11) is -3.12. The van der Waals surface area contributed by atoms with Crippen LogP contribution in [0.25, 0.3) is 0 Å². The molecule has 0 bridgehead atoms. The highest BCUT2D eigenvalue weighted by atomic mass is 32.2. The van der Waals surface area contributed by atoms with Gasteiger partial charge in [0.2, 0.25) is 10.0 Å². The lowest BCUT2D eigenvalue weighted by Crippen LogP contribution is -2.27. The zero-order valence-electron chi connectivity index (χ0n) is 10.0. The Kier molecular flexibility index (Phi) is 5.30. The second kappa shape index (κ2) is 6.28. The third kappa shape index (κ3) is 4.97. The molecule has 0 saturated carbocycles. The fraction of sp³-hybridized carbons (Fsp3) is 0.545. The molecule has 1 N–H and O–H groups in total. The number of ketones is 1. The van der Waals surface area contributed by atoms with Gasteiger partial charge in [0.15, 0.2) is 5.78 Å². The molecular weight excluding hydrogens is 258 g/mol. The fourth-order valence-corrected chi connectivity index (χ4v) is 3.37. The van der Waals surface area contributed by atoms with Gasteiger partial charge in [-0.15, -0.1) is 11.3 Å². The molecule has 0 aliphatic carbocycles. The second-order valence-electron chi connectivity index (χ2n) is 3.79. The number of hydrogen-bond acceptors (Lipinski definition) is 4. The van der Waals surface area contributed by atoms with Crippen molar-refractivity contribution in [3.8, 4) is 0 Å². The lowest BCUT2D eigenvalue weighted by molar-refractivity contribution is 0.102. The van der Waals surface area contributed by atoms with Gasteiger partial charge in [0.25, 0.3) is 0 Å². The molecule has 0 unspecified atom stereocenters. The Hall–Kier alpha value is -0.720. The van der Waals surface area contributed by atoms with Crippen LogP contribution in [-0.2, 0) is 16.4 Å². The van der Waals surface area contributed by atoms with Gasteiger partial charge < -0.3 is 0 Å². The van der Waals surface area contributed by atoms with Gasteiger partial charge in [-0.25, -0.2) is 13.1 Å². The molecule has 96 valence electrons. The second-order valence-corrected chi connectivity index (χ2v) is 6.88. The standard InChI is InChI=1S/C11H17NO3S2/c1-3-8-17(14,15)12-7-6-10-4-5-11(16-10)9(2)13/h4-5,12H,3,6-8H2,1-2H3. The van der Waals surface area contributed by atoms with E-state index in [0.717, 1.165) is 9.75 Å². The molecule has 0 aliphatic heterocycles. The van der Waals surface area contributed by atoms with Crippen LogP contribution in [0, 0.1) is 0 Å². The Bertz CT molecular complexity index is 477. The molecule has 0 saturated heterocycles. The van der Waals surface area contributed by atoms with Gasteiger partial charge in [-0.3, -0.25) is 4.79 Å². The number of hydrogen-bond donors (Lipinski definition) is 1. The SMILES string of the molecule is CCCS(=O)(=O)NCCc1ccc(C(C)=O)s1. The molecule has 0 fully saturated rings. The van der Waals surface area contributed by atoms with Crippen LogP contribution in [0.3, 0.4) is 0 Å². The highest BCUT2D eigenvalue weighted by Gasteiger charge is 2.08. The first-order valence-electron chi connectivity index (χ1n) is 5.51. The van der Waals surface area contributed by atoms with Crippen LogP contribution in [0.5, 0.6) is 0 Å². The van der Waals surface area contributed by atoms with Crippen molar-refractivity contribution >= 4 is 27.1 Å². The lowest BCUT2D eigenvalue weighted by Gasteiger charge is -2.03. The molecule has 0 atom stereocenters. The number of sulfonamides is 1. The number of carbonyl (C=O) groups is 1. The van der Waals surface area contributed by atoms with Gasteiger partial charge in [-0.2, -0.15) is 0 Å². The summed E-state index contributed by atoms with van der Waals surface area (Å²) in [5.41, 5.74) is 0. The van der Waals surface area contributed by atoms with Crippen LogP contribution in [0.15, 0.2) is 12.1 Å². The number of Topliss-reactive ketones (excluding diaryl/α,β-unsaturated/α-hetero) is 1.